The van der Waals surface area contributed by atoms with E-state index < -0.39 is 11.6 Å². The lowest BCUT2D eigenvalue weighted by Gasteiger charge is -2.18. The first kappa shape index (κ1) is 13.2. The lowest BCUT2D eigenvalue weighted by Crippen LogP contribution is -2.25. The average molecular weight is 256 g/mol. The fraction of sp³-hybridized carbons (Fsp3) is 0.267. The third-order valence-electron chi connectivity index (χ3n) is 2.34. The predicted molar refractivity (Wildman–Crippen MR) is 72.6 cm³/mol. The summed E-state index contributed by atoms with van der Waals surface area (Å²) in [7, 11) is 0. The number of hydrogen-bond acceptors (Lipinski definition) is 4. The van der Waals surface area contributed by atoms with Crippen molar-refractivity contribution in [2.24, 2.45) is 0 Å². The maximum atomic E-state index is 11.8. The van der Waals surface area contributed by atoms with E-state index >= 15 is 0 Å². The highest BCUT2D eigenvalue weighted by molar-refractivity contribution is 5.85. The molecule has 0 atom stereocenters. The van der Waals surface area contributed by atoms with Gasteiger partial charge in [0.05, 0.1) is 0 Å². The summed E-state index contributed by atoms with van der Waals surface area (Å²) in [5, 5.41) is 0. The highest BCUT2D eigenvalue weighted by Crippen LogP contribution is 2.17. The second-order valence-corrected chi connectivity index (χ2v) is 5.16. The van der Waals surface area contributed by atoms with Gasteiger partial charge in [0.25, 0.3) is 0 Å². The molecular formula is C15H16N2O2. The van der Waals surface area contributed by atoms with E-state index in [1.807, 2.05) is 51.1 Å². The smallest absolute Gasteiger partial charge is 0.376 e. The Hall–Kier alpha value is -2.23. The highest BCUT2D eigenvalue weighted by Gasteiger charge is 2.19. The van der Waals surface area contributed by atoms with Gasteiger partial charge in [-0.3, -0.25) is 0 Å². The second kappa shape index (κ2) is 5.18. The summed E-state index contributed by atoms with van der Waals surface area (Å²) < 4.78 is 5.21. The summed E-state index contributed by atoms with van der Waals surface area (Å²) in [6, 6.07) is 9.76. The van der Waals surface area contributed by atoms with Gasteiger partial charge in [0.15, 0.2) is 0 Å². The number of aromatic nitrogens is 2. The van der Waals surface area contributed by atoms with Gasteiger partial charge in [-0.25, -0.2) is 14.8 Å². The SMILES string of the molecule is CC(C)(C)OC(=O)c1ncc(-c2ccccc2)cn1. The molecule has 2 aromatic rings. The Bertz CT molecular complexity index is 557. The Kier molecular flexibility index (Phi) is 3.60. The van der Waals surface area contributed by atoms with Crippen LogP contribution in [0.1, 0.15) is 31.4 Å². The van der Waals surface area contributed by atoms with Gasteiger partial charge in [-0.15, -0.1) is 0 Å². The molecule has 0 spiro atoms. The van der Waals surface area contributed by atoms with Gasteiger partial charge >= 0.3 is 5.97 Å². The summed E-state index contributed by atoms with van der Waals surface area (Å²) >= 11 is 0. The monoisotopic (exact) mass is 256 g/mol. The van der Waals surface area contributed by atoms with Crippen LogP contribution in [0.3, 0.4) is 0 Å². The zero-order valence-corrected chi connectivity index (χ0v) is 11.3. The number of rotatable bonds is 2. The van der Waals surface area contributed by atoms with Gasteiger partial charge in [-0.2, -0.15) is 0 Å². The summed E-state index contributed by atoms with van der Waals surface area (Å²) in [6.45, 7) is 5.43. The molecule has 0 radical (unpaired) electrons. The van der Waals surface area contributed by atoms with Crippen molar-refractivity contribution in [3.8, 4) is 11.1 Å². The maximum absolute atomic E-state index is 11.8. The minimum Gasteiger partial charge on any atom is -0.454 e. The van der Waals surface area contributed by atoms with Crippen molar-refractivity contribution in [2.75, 3.05) is 0 Å². The van der Waals surface area contributed by atoms with Crippen LogP contribution in [0, 0.1) is 0 Å². The molecule has 19 heavy (non-hydrogen) atoms. The van der Waals surface area contributed by atoms with Gasteiger partial charge in [-0.1, -0.05) is 30.3 Å². The first-order valence-electron chi connectivity index (χ1n) is 6.06. The molecule has 0 aliphatic heterocycles. The lowest BCUT2D eigenvalue weighted by atomic mass is 10.1. The molecule has 0 saturated carbocycles. The summed E-state index contributed by atoms with van der Waals surface area (Å²) in [4.78, 5) is 19.9. The van der Waals surface area contributed by atoms with Crippen LogP contribution >= 0.6 is 0 Å². The van der Waals surface area contributed by atoms with E-state index in [2.05, 4.69) is 9.97 Å². The van der Waals surface area contributed by atoms with E-state index in [1.54, 1.807) is 12.4 Å². The average Bonchev–Trinajstić information content (AvgIpc) is 2.38. The normalized spacial score (nSPS) is 11.1. The molecule has 1 heterocycles. The third kappa shape index (κ3) is 3.61. The number of hydrogen-bond donors (Lipinski definition) is 0. The van der Waals surface area contributed by atoms with Crippen molar-refractivity contribution in [1.29, 1.82) is 0 Å². The van der Waals surface area contributed by atoms with Crippen LogP contribution in [0.4, 0.5) is 0 Å². The number of esters is 1. The molecule has 0 aliphatic carbocycles. The van der Waals surface area contributed by atoms with Crippen LogP contribution < -0.4 is 0 Å². The number of carbonyl (C=O) groups is 1. The summed E-state index contributed by atoms with van der Waals surface area (Å²) in [6.07, 6.45) is 3.25. The Morgan fingerprint density at radius 3 is 2.11 bits per heavy atom. The standard InChI is InChI=1S/C15H16N2O2/c1-15(2,3)19-14(18)13-16-9-12(10-17-13)11-7-5-4-6-8-11/h4-10H,1-3H3. The molecule has 98 valence electrons. The van der Waals surface area contributed by atoms with Gasteiger partial charge < -0.3 is 4.74 Å². The number of nitrogens with zero attached hydrogens (tertiary/aromatic N) is 2. The lowest BCUT2D eigenvalue weighted by molar-refractivity contribution is 0.00556. The van der Waals surface area contributed by atoms with Gasteiger partial charge in [0.1, 0.15) is 5.60 Å². The first-order chi connectivity index (χ1) is 8.96. The van der Waals surface area contributed by atoms with Crippen molar-refractivity contribution in [2.45, 2.75) is 26.4 Å². The van der Waals surface area contributed by atoms with Crippen LogP contribution in [0.5, 0.6) is 0 Å². The fourth-order valence-corrected chi connectivity index (χ4v) is 1.54. The first-order valence-corrected chi connectivity index (χ1v) is 6.06. The Labute approximate surface area is 112 Å². The molecule has 4 nitrogen and oxygen atoms in total. The van der Waals surface area contributed by atoms with Crippen molar-refractivity contribution in [3.63, 3.8) is 0 Å². The molecular weight excluding hydrogens is 240 g/mol. The minimum atomic E-state index is -0.543. The van der Waals surface area contributed by atoms with Crippen LogP contribution in [0.2, 0.25) is 0 Å². The van der Waals surface area contributed by atoms with E-state index in [0.717, 1.165) is 11.1 Å². The molecule has 0 bridgehead atoms. The Morgan fingerprint density at radius 1 is 1.00 bits per heavy atom. The molecule has 4 heteroatoms. The number of carbonyl (C=O) groups excluding carboxylic acids is 1. The van der Waals surface area contributed by atoms with E-state index in [4.69, 9.17) is 4.74 Å². The van der Waals surface area contributed by atoms with E-state index in [-0.39, 0.29) is 5.82 Å². The number of ether oxygens (including phenoxy) is 1. The van der Waals surface area contributed by atoms with Crippen LogP contribution in [0.15, 0.2) is 42.7 Å². The van der Waals surface area contributed by atoms with E-state index in [0.29, 0.717) is 0 Å². The number of benzene rings is 1. The summed E-state index contributed by atoms with van der Waals surface area (Å²) in [5.74, 6) is -0.429. The van der Waals surface area contributed by atoms with E-state index in [1.165, 1.54) is 0 Å². The largest absolute Gasteiger partial charge is 0.454 e. The molecule has 0 unspecified atom stereocenters. The Morgan fingerprint density at radius 2 is 1.58 bits per heavy atom. The minimum absolute atomic E-state index is 0.0783. The van der Waals surface area contributed by atoms with Gasteiger partial charge in [0.2, 0.25) is 5.82 Å². The zero-order chi connectivity index (χ0) is 13.9. The molecule has 2 rings (SSSR count). The quantitative estimate of drug-likeness (QED) is 0.775. The molecule has 1 aromatic carbocycles. The molecule has 0 aliphatic rings. The van der Waals surface area contributed by atoms with Crippen molar-refractivity contribution >= 4 is 5.97 Å². The van der Waals surface area contributed by atoms with Gasteiger partial charge in [-0.05, 0) is 26.3 Å². The summed E-state index contributed by atoms with van der Waals surface area (Å²) in [5.41, 5.74) is 1.34. The third-order valence-corrected chi connectivity index (χ3v) is 2.34. The van der Waals surface area contributed by atoms with Gasteiger partial charge in [0, 0.05) is 18.0 Å². The molecule has 1 aromatic heterocycles. The van der Waals surface area contributed by atoms with Crippen LogP contribution in [-0.2, 0) is 4.74 Å². The second-order valence-electron chi connectivity index (χ2n) is 5.16. The highest BCUT2D eigenvalue weighted by atomic mass is 16.6. The predicted octanol–water partition coefficient (Wildman–Crippen LogP) is 3.10. The molecule has 0 amide bonds. The molecule has 0 fully saturated rings. The molecule has 0 saturated heterocycles. The van der Waals surface area contributed by atoms with E-state index in [9.17, 15) is 4.79 Å². The van der Waals surface area contributed by atoms with Crippen molar-refractivity contribution in [1.82, 2.24) is 9.97 Å². The van der Waals surface area contributed by atoms with Crippen molar-refractivity contribution < 1.29 is 9.53 Å². The van der Waals surface area contributed by atoms with Crippen LogP contribution in [0.25, 0.3) is 11.1 Å². The van der Waals surface area contributed by atoms with Crippen LogP contribution in [-0.4, -0.2) is 21.5 Å². The zero-order valence-electron chi connectivity index (χ0n) is 11.3. The fourth-order valence-electron chi connectivity index (χ4n) is 1.54. The Balaban J connectivity index is 2.17. The maximum Gasteiger partial charge on any atom is 0.376 e. The van der Waals surface area contributed by atoms with Crippen molar-refractivity contribution in [3.05, 3.63) is 48.5 Å². The molecule has 0 N–H and O–H groups in total. The topological polar surface area (TPSA) is 52.1 Å².